The summed E-state index contributed by atoms with van der Waals surface area (Å²) in [5, 5.41) is 60.6. The molecule has 8 atom stereocenters. The Morgan fingerprint density at radius 2 is 0.811 bits per heavy atom. The first kappa shape index (κ1) is 101. The van der Waals surface area contributed by atoms with E-state index in [2.05, 4.69) is 31.7 Å². The Bertz CT molecular complexity index is 3120. The van der Waals surface area contributed by atoms with Gasteiger partial charge in [-0.3, -0.25) is 58.2 Å². The van der Waals surface area contributed by atoms with Gasteiger partial charge in [0.1, 0.15) is 5.60 Å². The van der Waals surface area contributed by atoms with Crippen molar-refractivity contribution in [2.24, 2.45) is 41.4 Å². The van der Waals surface area contributed by atoms with Crippen LogP contribution in [0.1, 0.15) is 146 Å². The van der Waals surface area contributed by atoms with Crippen LogP contribution in [0.15, 0.2) is 36.4 Å². The van der Waals surface area contributed by atoms with Crippen LogP contribution >= 0.6 is 0 Å². The van der Waals surface area contributed by atoms with E-state index in [0.717, 1.165) is 27.8 Å². The Kier molecular flexibility index (Phi) is 49.9. The number of alkyl halides is 6. The molecule has 0 bridgehead atoms. The molecule has 0 fully saturated rings. The van der Waals surface area contributed by atoms with Crippen LogP contribution in [0.4, 0.5) is 31.1 Å². The minimum absolute atomic E-state index is 0. The fourth-order valence-electron chi connectivity index (χ4n) is 11.2. The maximum absolute atomic E-state index is 14.6. The average molecular weight is 1570 g/mol. The quantitative estimate of drug-likeness (QED) is 0.00895. The molecule has 0 aliphatic heterocycles. The van der Waals surface area contributed by atoms with Gasteiger partial charge in [-0.1, -0.05) is 64.1 Å². The van der Waals surface area contributed by atoms with Gasteiger partial charge in [0, 0.05) is 56.9 Å². The van der Waals surface area contributed by atoms with Crippen molar-refractivity contribution in [2.45, 2.75) is 155 Å². The molecule has 2 aromatic carbocycles. The molecular weight excluding hydrogens is 1470 g/mol. The second-order valence-electron chi connectivity index (χ2n) is 26.1. The molecule has 2 aromatic rings. The summed E-state index contributed by atoms with van der Waals surface area (Å²) in [6.45, 7) is 8.12. The number of hydrazine groups is 1. The second kappa shape index (κ2) is 52.6. The van der Waals surface area contributed by atoms with E-state index in [1.165, 1.54) is 13.8 Å². The maximum atomic E-state index is 14.6. The predicted molar refractivity (Wildman–Crippen MR) is 354 cm³/mol. The van der Waals surface area contributed by atoms with Gasteiger partial charge in [0.25, 0.3) is 6.47 Å². The molecule has 8 unspecified atom stereocenters. The number of fused-ring (bicyclic) bond motifs is 2. The minimum atomic E-state index is -5.08. The number of carboxylic acid groups (broad SMARTS) is 4. The summed E-state index contributed by atoms with van der Waals surface area (Å²) < 4.78 is 101. The number of amides is 7. The van der Waals surface area contributed by atoms with Gasteiger partial charge in [-0.25, -0.2) is 10.2 Å². The normalized spacial score (nSPS) is 14.5. The number of halogens is 6. The molecule has 0 saturated heterocycles. The van der Waals surface area contributed by atoms with Gasteiger partial charge < -0.3 is 82.3 Å². The number of rotatable bonds is 45. The van der Waals surface area contributed by atoms with Crippen molar-refractivity contribution in [3.8, 4) is 0 Å². The monoisotopic (exact) mass is 1570 g/mol. The summed E-state index contributed by atoms with van der Waals surface area (Å²) in [4.78, 5) is 151. The number of carbonyl (C=O) groups excluding carboxylic acids is 8. The van der Waals surface area contributed by atoms with Gasteiger partial charge in [0.15, 0.2) is 0 Å². The standard InChI is InChI=1S/C67H97F6N7O20.CH2O3.2K.H/c1-39(55(82)75-18-22-96-26-28-98-24-20-77-62(93)66(68,69)70)30-51(56(83)76-19-23-97-27-29-99-25-21-78-63(94)67(71,72)73)37-52(57(84)74-17-16-54(81)79-80-64(95)100-65(5,6)7)38-53(61(91)92)36-50(33-42(4)60(89)90)48-15-11-44-8-12-45-34-47(14-10-43(45)9-13-46(44)35-48)49(31-40(2)58(85)86)32-41(3)59(87)88;2-1-4-3;;;/h10-11,14-15,34-35,39-42,49-53H,8-9,12-13,16-33,36-38H2,1-7H3,(H,74,84)(H,75,82)(H,76,83)(H,77,93)(H,78,94)(H,79,81)(H,80,95)(H,85,86)(H,87,88)(H,89,90)(H,91,92);1,3H;;;/q;;2*+1;-1/p-1. The number of aliphatic carboxylic acids is 4. The predicted octanol–water partition coefficient (Wildman–Crippen LogP) is -1.53. The fourth-order valence-corrected chi connectivity index (χ4v) is 11.2. The zero-order valence-corrected chi connectivity index (χ0v) is 67.5. The molecule has 588 valence electrons. The van der Waals surface area contributed by atoms with E-state index in [0.29, 0.717) is 31.2 Å². The van der Waals surface area contributed by atoms with Gasteiger partial charge >= 0.3 is 157 Å². The molecule has 1 aliphatic rings. The van der Waals surface area contributed by atoms with Gasteiger partial charge in [0.2, 0.25) is 23.6 Å². The molecule has 3 rings (SSSR count). The van der Waals surface area contributed by atoms with Crippen LogP contribution in [-0.2, 0) is 107 Å². The number of carboxylic acids is 4. The summed E-state index contributed by atoms with van der Waals surface area (Å²) >= 11 is 0. The van der Waals surface area contributed by atoms with E-state index in [1.54, 1.807) is 45.3 Å². The third-order valence-electron chi connectivity index (χ3n) is 16.6. The largest absolute Gasteiger partial charge is 1.00 e. The van der Waals surface area contributed by atoms with Gasteiger partial charge in [0.05, 0.1) is 76.5 Å². The van der Waals surface area contributed by atoms with Crippen LogP contribution in [0.25, 0.3) is 0 Å². The number of nitrogens with one attached hydrogen (secondary N) is 7. The molecule has 0 spiro atoms. The molecule has 0 saturated carbocycles. The van der Waals surface area contributed by atoms with Crippen molar-refractivity contribution in [2.75, 3.05) is 85.6 Å². The van der Waals surface area contributed by atoms with E-state index < -0.39 is 163 Å². The molecular formula is C68H99F6K2N7O23. The molecule has 0 radical (unpaired) electrons. The summed E-state index contributed by atoms with van der Waals surface area (Å²) in [6.07, 6.45) is -10.3. The molecule has 1 aliphatic carbocycles. The summed E-state index contributed by atoms with van der Waals surface area (Å²) in [7, 11) is 0. The number of carbonyl (C=O) groups is 12. The summed E-state index contributed by atoms with van der Waals surface area (Å²) in [6, 6.07) is 11.6. The summed E-state index contributed by atoms with van der Waals surface area (Å²) in [5.41, 5.74) is 8.73. The summed E-state index contributed by atoms with van der Waals surface area (Å²) in [5.74, 6) is -20.2. The first-order valence-electron chi connectivity index (χ1n) is 33.8. The van der Waals surface area contributed by atoms with E-state index in [-0.39, 0.29) is 221 Å². The van der Waals surface area contributed by atoms with Crippen molar-refractivity contribution in [1.82, 2.24) is 37.4 Å². The first-order chi connectivity index (χ1) is 48.8. The molecule has 38 heteroatoms. The Balaban J connectivity index is 0. The van der Waals surface area contributed by atoms with E-state index in [9.17, 15) is 99.5 Å². The van der Waals surface area contributed by atoms with Crippen molar-refractivity contribution in [3.63, 3.8) is 0 Å². The maximum Gasteiger partial charge on any atom is 1.00 e. The van der Waals surface area contributed by atoms with Crippen LogP contribution in [0.2, 0.25) is 0 Å². The van der Waals surface area contributed by atoms with Crippen LogP contribution in [0.5, 0.6) is 0 Å². The molecule has 7 amide bonds. The fraction of sp³-hybridized carbons (Fsp3) is 0.647. The molecule has 0 aromatic heterocycles. The van der Waals surface area contributed by atoms with Crippen molar-refractivity contribution in [1.29, 1.82) is 0 Å². The van der Waals surface area contributed by atoms with Crippen LogP contribution < -0.4 is 145 Å². The van der Waals surface area contributed by atoms with E-state index in [1.807, 2.05) is 36.4 Å². The zero-order valence-electron chi connectivity index (χ0n) is 62.2. The molecule has 11 N–H and O–H groups in total. The van der Waals surface area contributed by atoms with Crippen LogP contribution in [-0.4, -0.2) is 196 Å². The number of benzene rings is 2. The van der Waals surface area contributed by atoms with Gasteiger partial charge in [-0.05, 0) is 137 Å². The SMILES string of the molecule is CC(CC(CC(C)C(=O)O)c1ccc2c(c1)CCc1ccc(C(CC(C)C(=O)O)CC(CC(CC(CC(C)C(=O)NCCOCCOCCNC(=O)C(F)(F)F)C(=O)NCCOCCOCCNC(=O)C(F)(F)F)C(=O)NCCC(=O)NNC(=O)OC(C)(C)C)C(=O)O)cc1CC2)C(=O)O.O=CO[O-].[H-].[K+].[K+]. The second-order valence-corrected chi connectivity index (χ2v) is 26.1. The van der Waals surface area contributed by atoms with Crippen molar-refractivity contribution >= 4 is 71.9 Å². The Morgan fingerprint density at radius 1 is 0.462 bits per heavy atom. The van der Waals surface area contributed by atoms with Crippen LogP contribution in [0, 0.1) is 41.4 Å². The van der Waals surface area contributed by atoms with E-state index in [4.69, 9.17) is 33.7 Å². The molecule has 0 heterocycles. The molecule has 106 heavy (non-hydrogen) atoms. The zero-order chi connectivity index (χ0) is 78.3. The van der Waals surface area contributed by atoms with Crippen molar-refractivity contribution < 1.29 is 242 Å². The number of hydrogen-bond acceptors (Lipinski definition) is 19. The Morgan fingerprint density at radius 3 is 1.18 bits per heavy atom. The number of aryl methyl sites for hydroxylation is 4. The average Bonchev–Trinajstić information content (AvgIpc) is 0.814. The van der Waals surface area contributed by atoms with E-state index >= 15 is 0 Å². The smallest absolute Gasteiger partial charge is 1.00 e. The molecule has 30 nitrogen and oxygen atoms in total. The van der Waals surface area contributed by atoms with Crippen LogP contribution in [0.3, 0.4) is 0 Å². The third kappa shape index (κ3) is 41.9. The number of ether oxygens (including phenoxy) is 5. The van der Waals surface area contributed by atoms with Gasteiger partial charge in [-0.2, -0.15) is 26.3 Å². The minimum Gasteiger partial charge on any atom is -1.00 e. The third-order valence-corrected chi connectivity index (χ3v) is 16.6. The van der Waals surface area contributed by atoms with Gasteiger partial charge in [-0.15, -0.1) is 0 Å². The Labute approximate surface area is 697 Å². The van der Waals surface area contributed by atoms with Crippen molar-refractivity contribution in [3.05, 3.63) is 69.8 Å². The number of hydrogen-bond donors (Lipinski definition) is 11. The first-order valence-corrected chi connectivity index (χ1v) is 33.8. The Hall–Kier alpha value is -5.47. The topological polar surface area (TPSA) is 448 Å².